The van der Waals surface area contributed by atoms with Gasteiger partial charge in [0.05, 0.1) is 5.52 Å². The summed E-state index contributed by atoms with van der Waals surface area (Å²) in [7, 11) is 4.35. The van der Waals surface area contributed by atoms with Crippen LogP contribution in [0.3, 0.4) is 0 Å². The molecule has 3 rings (SSSR count). The topological polar surface area (TPSA) is 8.17 Å². The summed E-state index contributed by atoms with van der Waals surface area (Å²) in [6.07, 6.45) is 3.36. The third kappa shape index (κ3) is 1.23. The van der Waals surface area contributed by atoms with E-state index in [9.17, 15) is 0 Å². The van der Waals surface area contributed by atoms with Crippen LogP contribution in [-0.4, -0.2) is 29.1 Å². The number of hydrogen-bond acceptors (Lipinski definition) is 1. The lowest BCUT2D eigenvalue weighted by atomic mass is 9.88. The van der Waals surface area contributed by atoms with E-state index in [2.05, 4.69) is 60.9 Å². The summed E-state index contributed by atoms with van der Waals surface area (Å²) in [4.78, 5) is 2.34. The second-order valence-electron chi connectivity index (χ2n) is 5.37. The molecule has 84 valence electrons. The molecular weight excluding hydrogens is 196 g/mol. The molecule has 1 aromatic carbocycles. The van der Waals surface area contributed by atoms with Crippen LogP contribution in [0.2, 0.25) is 0 Å². The molecule has 0 radical (unpaired) electrons. The smallest absolute Gasteiger partial charge is 0.0514 e. The van der Waals surface area contributed by atoms with E-state index in [1.807, 2.05) is 0 Å². The van der Waals surface area contributed by atoms with Gasteiger partial charge in [-0.25, -0.2) is 0 Å². The minimum atomic E-state index is 0.236. The Kier molecular flexibility index (Phi) is 1.93. The van der Waals surface area contributed by atoms with Crippen molar-refractivity contribution in [3.05, 3.63) is 36.0 Å². The van der Waals surface area contributed by atoms with Crippen LogP contribution in [0, 0.1) is 0 Å². The first kappa shape index (κ1) is 9.91. The molecule has 16 heavy (non-hydrogen) atoms. The number of rotatable bonds is 1. The van der Waals surface area contributed by atoms with Crippen molar-refractivity contribution in [1.82, 2.24) is 9.47 Å². The van der Waals surface area contributed by atoms with E-state index in [1.54, 1.807) is 0 Å². The Balaban J connectivity index is 2.20. The molecule has 1 aliphatic heterocycles. The Labute approximate surface area is 96.5 Å². The van der Waals surface area contributed by atoms with Gasteiger partial charge in [0.2, 0.25) is 0 Å². The Morgan fingerprint density at radius 1 is 1.25 bits per heavy atom. The third-order valence-electron chi connectivity index (χ3n) is 4.03. The van der Waals surface area contributed by atoms with Crippen LogP contribution in [0.1, 0.15) is 12.5 Å². The van der Waals surface area contributed by atoms with E-state index < -0.39 is 0 Å². The van der Waals surface area contributed by atoms with Gasteiger partial charge < -0.3 is 9.47 Å². The Morgan fingerprint density at radius 2 is 2.06 bits per heavy atom. The monoisotopic (exact) mass is 214 g/mol. The van der Waals surface area contributed by atoms with E-state index >= 15 is 0 Å². The number of aromatic nitrogens is 1. The quantitative estimate of drug-likeness (QED) is 0.708. The van der Waals surface area contributed by atoms with Crippen molar-refractivity contribution in [2.75, 3.05) is 14.1 Å². The van der Waals surface area contributed by atoms with Crippen LogP contribution in [0.5, 0.6) is 0 Å². The molecule has 2 heteroatoms. The van der Waals surface area contributed by atoms with Crippen LogP contribution in [0.15, 0.2) is 30.5 Å². The second kappa shape index (κ2) is 3.11. The number of para-hydroxylation sites is 1. The molecule has 0 aliphatic carbocycles. The van der Waals surface area contributed by atoms with Crippen LogP contribution in [0.25, 0.3) is 10.9 Å². The lowest BCUT2D eigenvalue weighted by Gasteiger charge is -2.40. The average molecular weight is 214 g/mol. The van der Waals surface area contributed by atoms with E-state index in [0.29, 0.717) is 0 Å². The lowest BCUT2D eigenvalue weighted by molar-refractivity contribution is 0.144. The van der Waals surface area contributed by atoms with Gasteiger partial charge in [0.1, 0.15) is 0 Å². The highest BCUT2D eigenvalue weighted by molar-refractivity contribution is 5.84. The van der Waals surface area contributed by atoms with Gasteiger partial charge >= 0.3 is 0 Å². The molecule has 1 aliphatic rings. The predicted molar refractivity (Wildman–Crippen MR) is 67.7 cm³/mol. The highest BCUT2D eigenvalue weighted by Crippen LogP contribution is 2.32. The van der Waals surface area contributed by atoms with Gasteiger partial charge in [-0.3, -0.25) is 0 Å². The maximum absolute atomic E-state index is 2.40. The van der Waals surface area contributed by atoms with E-state index in [-0.39, 0.29) is 5.54 Å². The molecule has 0 saturated heterocycles. The number of likely N-dealkylation sites (N-methyl/N-ethyl adjacent to an activating group) is 1. The van der Waals surface area contributed by atoms with Crippen LogP contribution < -0.4 is 0 Å². The van der Waals surface area contributed by atoms with Crippen LogP contribution in [-0.2, 0) is 13.0 Å². The van der Waals surface area contributed by atoms with Crippen molar-refractivity contribution in [3.8, 4) is 0 Å². The fourth-order valence-corrected chi connectivity index (χ4v) is 2.75. The van der Waals surface area contributed by atoms with Crippen molar-refractivity contribution in [1.29, 1.82) is 0 Å². The summed E-state index contributed by atoms with van der Waals surface area (Å²) in [6.45, 7) is 3.43. The zero-order valence-electron chi connectivity index (χ0n) is 10.2. The van der Waals surface area contributed by atoms with Crippen LogP contribution in [0.4, 0.5) is 0 Å². The van der Waals surface area contributed by atoms with Crippen molar-refractivity contribution in [2.24, 2.45) is 0 Å². The molecule has 0 bridgehead atoms. The molecule has 2 nitrogen and oxygen atoms in total. The summed E-state index contributed by atoms with van der Waals surface area (Å²) in [6, 6.07) is 8.86. The van der Waals surface area contributed by atoms with Gasteiger partial charge in [0, 0.05) is 18.3 Å². The summed E-state index contributed by atoms with van der Waals surface area (Å²) in [5.74, 6) is 0. The lowest BCUT2D eigenvalue weighted by Crippen LogP contribution is -2.48. The van der Waals surface area contributed by atoms with Crippen molar-refractivity contribution in [2.45, 2.75) is 25.4 Å². The molecule has 0 fully saturated rings. The van der Waals surface area contributed by atoms with Gasteiger partial charge in [0.25, 0.3) is 0 Å². The number of nitrogens with zero attached hydrogens (tertiary/aromatic N) is 2. The first-order valence-electron chi connectivity index (χ1n) is 5.84. The van der Waals surface area contributed by atoms with E-state index in [1.165, 1.54) is 16.5 Å². The molecule has 0 saturated carbocycles. The van der Waals surface area contributed by atoms with E-state index in [0.717, 1.165) is 13.0 Å². The largest absolute Gasteiger partial charge is 0.345 e. The fraction of sp³-hybridized carbons (Fsp3) is 0.429. The molecule has 0 unspecified atom stereocenters. The number of hydrogen-bond donors (Lipinski definition) is 0. The van der Waals surface area contributed by atoms with Crippen molar-refractivity contribution >= 4 is 10.9 Å². The molecule has 0 N–H and O–H groups in total. The van der Waals surface area contributed by atoms with Gasteiger partial charge in [-0.1, -0.05) is 18.2 Å². The minimum absolute atomic E-state index is 0.236. The molecule has 2 aromatic rings. The maximum atomic E-state index is 2.40. The Morgan fingerprint density at radius 3 is 2.81 bits per heavy atom. The zero-order valence-corrected chi connectivity index (χ0v) is 10.2. The molecule has 0 spiro atoms. The summed E-state index contributed by atoms with van der Waals surface area (Å²) in [5, 5.41) is 1.37. The first-order chi connectivity index (χ1) is 7.60. The predicted octanol–water partition coefficient (Wildman–Crippen LogP) is 2.52. The Bertz CT molecular complexity index is 539. The highest BCUT2D eigenvalue weighted by atomic mass is 15.2. The number of benzene rings is 1. The summed E-state index contributed by atoms with van der Waals surface area (Å²) >= 11 is 0. The maximum Gasteiger partial charge on any atom is 0.0514 e. The fourth-order valence-electron chi connectivity index (χ4n) is 2.75. The SMILES string of the molecule is CN(C)[C@@]1(C)Cc2cccc3ccn(c23)C1. The first-order valence-corrected chi connectivity index (χ1v) is 5.84. The third-order valence-corrected chi connectivity index (χ3v) is 4.03. The summed E-state index contributed by atoms with van der Waals surface area (Å²) in [5.41, 5.74) is 3.15. The van der Waals surface area contributed by atoms with Gasteiger partial charge in [-0.2, -0.15) is 0 Å². The second-order valence-corrected chi connectivity index (χ2v) is 5.37. The molecular formula is C14H18N2. The molecule has 0 amide bonds. The van der Waals surface area contributed by atoms with Crippen LogP contribution >= 0.6 is 0 Å². The zero-order chi connectivity index (χ0) is 11.3. The normalized spacial score (nSPS) is 24.2. The van der Waals surface area contributed by atoms with Gasteiger partial charge in [0.15, 0.2) is 0 Å². The minimum Gasteiger partial charge on any atom is -0.345 e. The van der Waals surface area contributed by atoms with Crippen molar-refractivity contribution in [3.63, 3.8) is 0 Å². The molecule has 2 heterocycles. The van der Waals surface area contributed by atoms with Crippen molar-refractivity contribution < 1.29 is 0 Å². The standard InChI is InChI=1S/C14H18N2/c1-14(15(2)3)9-12-6-4-5-11-7-8-16(10-14)13(11)12/h4-8H,9-10H2,1-3H3/t14-/m0/s1. The van der Waals surface area contributed by atoms with Gasteiger partial charge in [-0.05, 0) is 44.5 Å². The molecule has 1 aromatic heterocycles. The van der Waals surface area contributed by atoms with E-state index in [4.69, 9.17) is 0 Å². The highest BCUT2D eigenvalue weighted by Gasteiger charge is 2.32. The average Bonchev–Trinajstić information content (AvgIpc) is 2.63. The Hall–Kier alpha value is -1.28. The molecule has 1 atom stereocenters. The summed E-state index contributed by atoms with van der Waals surface area (Å²) < 4.78 is 2.40. The van der Waals surface area contributed by atoms with Gasteiger partial charge in [-0.15, -0.1) is 0 Å².